The van der Waals surface area contributed by atoms with Gasteiger partial charge in [0.2, 0.25) is 5.91 Å². The molecule has 0 saturated carbocycles. The second-order valence-corrected chi connectivity index (χ2v) is 17.9. The number of nitrogens with one attached hydrogen (secondary N) is 1. The molecule has 0 aromatic heterocycles. The molecule has 0 saturated heterocycles. The van der Waals surface area contributed by atoms with Crippen molar-refractivity contribution in [2.24, 2.45) is 0 Å². The number of amides is 1. The molecule has 0 aliphatic rings. The quantitative estimate of drug-likeness (QED) is 0.0246. The summed E-state index contributed by atoms with van der Waals surface area (Å²) in [5, 5.41) is 13.7. The summed E-state index contributed by atoms with van der Waals surface area (Å²) in [7, 11) is 1.53. The molecular weight excluding hydrogens is 719 g/mol. The molecule has 326 valence electrons. The van der Waals surface area contributed by atoms with E-state index in [0.29, 0.717) is 17.4 Å². The minimum atomic E-state index is -4.35. The second kappa shape index (κ2) is 38.7. The first-order chi connectivity index (χ1) is 27.0. The Hall–Kier alpha value is -1.80. The van der Waals surface area contributed by atoms with Gasteiger partial charge in [-0.25, -0.2) is 4.57 Å². The first kappa shape index (κ1) is 54.2. The van der Waals surface area contributed by atoms with Gasteiger partial charge in [-0.05, 0) is 70.6 Å². The largest absolute Gasteiger partial charge is 0.472 e. The third-order valence-electron chi connectivity index (χ3n) is 9.67. The Morgan fingerprint density at radius 3 is 1.59 bits per heavy atom. The summed E-state index contributed by atoms with van der Waals surface area (Å²) >= 11 is 0. The van der Waals surface area contributed by atoms with E-state index in [4.69, 9.17) is 9.05 Å². The molecule has 3 unspecified atom stereocenters. The van der Waals surface area contributed by atoms with Crippen LogP contribution in [-0.4, -0.2) is 73.4 Å². The maximum atomic E-state index is 12.8. The van der Waals surface area contributed by atoms with Crippen molar-refractivity contribution in [1.82, 2.24) is 5.32 Å². The molecule has 56 heavy (non-hydrogen) atoms. The molecule has 0 rings (SSSR count). The van der Waals surface area contributed by atoms with Crippen molar-refractivity contribution >= 4 is 13.7 Å². The fraction of sp³-hybridized carbons (Fsp3) is 0.766. The number of hydrogen-bond donors (Lipinski definition) is 3. The number of aliphatic hydroxyl groups is 1. The van der Waals surface area contributed by atoms with Crippen LogP contribution in [0.4, 0.5) is 0 Å². The Balaban J connectivity index is 4.34. The summed E-state index contributed by atoms with van der Waals surface area (Å²) in [6, 6.07) is -0.874. The van der Waals surface area contributed by atoms with E-state index in [9.17, 15) is 19.4 Å². The Morgan fingerprint density at radius 1 is 0.607 bits per heavy atom. The summed E-state index contributed by atoms with van der Waals surface area (Å²) in [5.41, 5.74) is 0. The predicted molar refractivity (Wildman–Crippen MR) is 240 cm³/mol. The molecule has 0 bridgehead atoms. The number of nitrogens with zero attached hydrogens (tertiary/aromatic N) is 1. The van der Waals surface area contributed by atoms with Gasteiger partial charge in [0.15, 0.2) is 0 Å². The van der Waals surface area contributed by atoms with E-state index in [2.05, 4.69) is 67.8 Å². The monoisotopic (exact) mass is 808 g/mol. The van der Waals surface area contributed by atoms with Gasteiger partial charge < -0.3 is 19.8 Å². The van der Waals surface area contributed by atoms with E-state index in [1.54, 1.807) is 6.08 Å². The van der Waals surface area contributed by atoms with E-state index in [-0.39, 0.29) is 19.1 Å². The zero-order valence-electron chi connectivity index (χ0n) is 36.9. The number of phosphoric ester groups is 1. The second-order valence-electron chi connectivity index (χ2n) is 16.4. The number of carbonyl (C=O) groups is 1. The zero-order valence-corrected chi connectivity index (χ0v) is 37.8. The summed E-state index contributed by atoms with van der Waals surface area (Å²) in [6.07, 6.45) is 50.2. The number of phosphoric acid groups is 1. The lowest BCUT2D eigenvalue weighted by Gasteiger charge is -2.25. The highest BCUT2D eigenvalue weighted by Gasteiger charge is 2.27. The van der Waals surface area contributed by atoms with E-state index in [1.807, 2.05) is 27.2 Å². The molecule has 0 radical (unpaired) electrons. The SMILES string of the molecule is CCC/C=C/CC/C=C/CC/C=C/C(O)C(COP(=O)(O)OCC[N+](C)(C)C)NC(=O)CCCCCCCCC/C=C\C/C=C\CCCCCCCCCCC. The highest BCUT2D eigenvalue weighted by atomic mass is 31.2. The van der Waals surface area contributed by atoms with E-state index < -0.39 is 20.0 Å². The van der Waals surface area contributed by atoms with Crippen LogP contribution in [0, 0.1) is 0 Å². The molecule has 0 aliphatic heterocycles. The molecule has 8 nitrogen and oxygen atoms in total. The third kappa shape index (κ3) is 40.4. The van der Waals surface area contributed by atoms with Gasteiger partial charge >= 0.3 is 7.82 Å². The highest BCUT2D eigenvalue weighted by Crippen LogP contribution is 2.43. The molecule has 9 heteroatoms. The standard InChI is InChI=1S/C47H87N2O6P/c1-6-8-10-12-14-16-18-19-20-21-22-23-24-25-26-27-28-29-31-33-35-37-39-41-47(51)48-45(44-55-56(52,53)54-43-42-49(3,4)5)46(50)40-38-36-34-32-30-17-15-13-11-9-7-2/h11,13,22-23,25-26,30,32,38,40,45-46,50H,6-10,12,14-21,24,27-29,31,33-37,39,41-44H2,1-5H3,(H-,48,51,52,53)/p+1/b13-11+,23-22-,26-25-,32-30+,40-38+. The number of unbranched alkanes of at least 4 members (excludes halogenated alkanes) is 19. The van der Waals surface area contributed by atoms with Crippen molar-refractivity contribution in [1.29, 1.82) is 0 Å². The maximum absolute atomic E-state index is 12.8. The molecule has 3 N–H and O–H groups in total. The number of hydrogen-bond acceptors (Lipinski definition) is 5. The van der Waals surface area contributed by atoms with Crippen LogP contribution < -0.4 is 5.32 Å². The molecule has 0 fully saturated rings. The van der Waals surface area contributed by atoms with E-state index in [1.165, 1.54) is 89.9 Å². The van der Waals surface area contributed by atoms with Crippen LogP contribution in [0.5, 0.6) is 0 Å². The van der Waals surface area contributed by atoms with Crippen molar-refractivity contribution in [3.63, 3.8) is 0 Å². The van der Waals surface area contributed by atoms with Crippen molar-refractivity contribution in [2.75, 3.05) is 40.9 Å². The summed E-state index contributed by atoms with van der Waals surface area (Å²) < 4.78 is 23.5. The number of carbonyl (C=O) groups excluding carboxylic acids is 1. The van der Waals surface area contributed by atoms with Crippen LogP contribution in [0.1, 0.15) is 181 Å². The summed E-state index contributed by atoms with van der Waals surface area (Å²) in [6.45, 7) is 4.69. The maximum Gasteiger partial charge on any atom is 0.472 e. The van der Waals surface area contributed by atoms with Crippen LogP contribution in [0.25, 0.3) is 0 Å². The number of allylic oxidation sites excluding steroid dienone is 9. The molecule has 0 heterocycles. The fourth-order valence-electron chi connectivity index (χ4n) is 6.05. The Morgan fingerprint density at radius 2 is 1.07 bits per heavy atom. The fourth-order valence-corrected chi connectivity index (χ4v) is 6.79. The molecule has 0 aromatic carbocycles. The Kier molecular flexibility index (Phi) is 37.5. The predicted octanol–water partition coefficient (Wildman–Crippen LogP) is 12.6. The van der Waals surface area contributed by atoms with Crippen molar-refractivity contribution in [3.05, 3.63) is 60.8 Å². The van der Waals surface area contributed by atoms with Gasteiger partial charge in [0.1, 0.15) is 13.2 Å². The van der Waals surface area contributed by atoms with Gasteiger partial charge in [0, 0.05) is 6.42 Å². The lowest BCUT2D eigenvalue weighted by Crippen LogP contribution is -2.45. The average molecular weight is 808 g/mol. The molecule has 0 spiro atoms. The van der Waals surface area contributed by atoms with Gasteiger partial charge in [0.05, 0.1) is 39.9 Å². The van der Waals surface area contributed by atoms with Gasteiger partial charge in [0.25, 0.3) is 0 Å². The van der Waals surface area contributed by atoms with Crippen molar-refractivity contribution in [2.45, 2.75) is 193 Å². The molecular formula is C47H88N2O6P+. The van der Waals surface area contributed by atoms with Crippen LogP contribution in [0.3, 0.4) is 0 Å². The minimum Gasteiger partial charge on any atom is -0.387 e. The molecule has 0 aromatic rings. The van der Waals surface area contributed by atoms with Crippen molar-refractivity contribution in [3.8, 4) is 0 Å². The number of quaternary nitrogens is 1. The smallest absolute Gasteiger partial charge is 0.387 e. The molecule has 1 amide bonds. The first-order valence-electron chi connectivity index (χ1n) is 22.7. The highest BCUT2D eigenvalue weighted by molar-refractivity contribution is 7.47. The number of likely N-dealkylation sites (N-methyl/N-ethyl adjacent to an activating group) is 1. The van der Waals surface area contributed by atoms with Gasteiger partial charge in [-0.1, -0.05) is 164 Å². The van der Waals surface area contributed by atoms with E-state index in [0.717, 1.165) is 70.6 Å². The van der Waals surface area contributed by atoms with Crippen LogP contribution in [0.2, 0.25) is 0 Å². The lowest BCUT2D eigenvalue weighted by molar-refractivity contribution is -0.870. The van der Waals surface area contributed by atoms with Crippen molar-refractivity contribution < 1.29 is 32.9 Å². The number of aliphatic hydroxyl groups excluding tert-OH is 1. The van der Waals surface area contributed by atoms with E-state index >= 15 is 0 Å². The topological polar surface area (TPSA) is 105 Å². The molecule has 3 atom stereocenters. The Bertz CT molecular complexity index is 1100. The Labute approximate surface area is 345 Å². The number of rotatable bonds is 40. The normalized spacial score (nSPS) is 14.9. The average Bonchev–Trinajstić information content (AvgIpc) is 3.15. The lowest BCUT2D eigenvalue weighted by atomic mass is 10.1. The summed E-state index contributed by atoms with van der Waals surface area (Å²) in [4.78, 5) is 23.1. The first-order valence-corrected chi connectivity index (χ1v) is 24.2. The summed E-state index contributed by atoms with van der Waals surface area (Å²) in [5.74, 6) is -0.203. The van der Waals surface area contributed by atoms with Crippen LogP contribution in [0.15, 0.2) is 60.8 Å². The van der Waals surface area contributed by atoms with Crippen LogP contribution >= 0.6 is 7.82 Å². The molecule has 0 aliphatic carbocycles. The van der Waals surface area contributed by atoms with Crippen LogP contribution in [-0.2, 0) is 18.4 Å². The third-order valence-corrected chi connectivity index (χ3v) is 10.7. The van der Waals surface area contributed by atoms with Gasteiger partial charge in [-0.3, -0.25) is 13.8 Å². The zero-order chi connectivity index (χ0) is 41.4. The van der Waals surface area contributed by atoms with Gasteiger partial charge in [-0.15, -0.1) is 0 Å². The van der Waals surface area contributed by atoms with Gasteiger partial charge in [-0.2, -0.15) is 0 Å². The minimum absolute atomic E-state index is 0.0493.